The quantitative estimate of drug-likeness (QED) is 0.514. The summed E-state index contributed by atoms with van der Waals surface area (Å²) in [7, 11) is -0.960. The molecule has 0 bridgehead atoms. The molecule has 0 radical (unpaired) electrons. The van der Waals surface area contributed by atoms with Crippen LogP contribution in [0.5, 0.6) is 0 Å². The van der Waals surface area contributed by atoms with E-state index < -0.39 is 17.6 Å². The molecule has 2 heteroatoms. The summed E-state index contributed by atoms with van der Waals surface area (Å²) in [5.41, 5.74) is 3.97. The van der Waals surface area contributed by atoms with Crippen molar-refractivity contribution in [1.82, 2.24) is 0 Å². The molecule has 0 rings (SSSR count). The minimum absolute atomic E-state index is 0.480. The maximum atomic E-state index is 2.46. The highest BCUT2D eigenvalue weighted by Gasteiger charge is 2.22. The van der Waals surface area contributed by atoms with Gasteiger partial charge in [-0.15, -0.1) is 0 Å². The smallest absolute Gasteiger partial charge is 0.0419 e. The largest absolute Gasteiger partial charge is 0.0654 e. The van der Waals surface area contributed by atoms with Gasteiger partial charge in [0.05, 0.1) is 0 Å². The molecule has 104 valence electrons. The summed E-state index contributed by atoms with van der Waals surface area (Å²) >= 11 is 0. The van der Waals surface area contributed by atoms with Crippen LogP contribution in [0.2, 0.25) is 34.3 Å². The van der Waals surface area contributed by atoms with Gasteiger partial charge in [0.2, 0.25) is 0 Å². The van der Waals surface area contributed by atoms with Gasteiger partial charge in [0.25, 0.3) is 0 Å². The highest BCUT2D eigenvalue weighted by atomic mass is 28.3. The molecule has 17 heavy (non-hydrogen) atoms. The van der Waals surface area contributed by atoms with Crippen LogP contribution in [-0.2, 0) is 0 Å². The molecule has 0 fully saturated rings. The molecule has 0 aromatic carbocycles. The van der Waals surface area contributed by atoms with Gasteiger partial charge in [-0.25, -0.2) is 0 Å². The van der Waals surface area contributed by atoms with Gasteiger partial charge in [-0.1, -0.05) is 96.1 Å². The lowest BCUT2D eigenvalue weighted by atomic mass is 10.5. The van der Waals surface area contributed by atoms with Gasteiger partial charge in [0, 0.05) is 17.6 Å². The fourth-order valence-electron chi connectivity index (χ4n) is 3.46. The van der Waals surface area contributed by atoms with Crippen molar-refractivity contribution in [2.45, 2.75) is 96.1 Å². The van der Waals surface area contributed by atoms with Gasteiger partial charge < -0.3 is 0 Å². The van der Waals surface area contributed by atoms with E-state index in [4.69, 9.17) is 0 Å². The van der Waals surface area contributed by atoms with Crippen LogP contribution < -0.4 is 0 Å². The zero-order valence-electron chi connectivity index (χ0n) is 13.6. The minimum Gasteiger partial charge on any atom is -0.0654 e. The van der Waals surface area contributed by atoms with Crippen molar-refractivity contribution in [1.29, 1.82) is 0 Å². The van der Waals surface area contributed by atoms with Crippen molar-refractivity contribution in [2.75, 3.05) is 0 Å². The van der Waals surface area contributed by atoms with E-state index in [2.05, 4.69) is 55.4 Å². The summed E-state index contributed by atoms with van der Waals surface area (Å²) in [6.45, 7) is 19.6. The fourth-order valence-corrected chi connectivity index (χ4v) is 11.1. The number of hydrogen-bond acceptors (Lipinski definition) is 0. The van der Waals surface area contributed by atoms with Gasteiger partial charge in [-0.05, 0) is 0 Å². The predicted molar refractivity (Wildman–Crippen MR) is 88.9 cm³/mol. The maximum Gasteiger partial charge on any atom is 0.0419 e. The van der Waals surface area contributed by atoms with E-state index in [0.717, 1.165) is 22.2 Å². The second-order valence-electron chi connectivity index (χ2n) is 7.23. The standard InChI is InChI=1S/C15H36Si2/c1-12(2)16(13(3)4)10-9-11-17(14(5)6)15(7)8/h12-17H,9-11H2,1-8H3. The molecule has 0 aromatic heterocycles. The third-order valence-corrected chi connectivity index (χ3v) is 13.5. The first kappa shape index (κ1) is 17.4. The van der Waals surface area contributed by atoms with Crippen molar-refractivity contribution in [3.8, 4) is 0 Å². The summed E-state index contributed by atoms with van der Waals surface area (Å²) in [4.78, 5) is 0. The van der Waals surface area contributed by atoms with Crippen LogP contribution >= 0.6 is 0 Å². The van der Waals surface area contributed by atoms with Crippen LogP contribution in [0.15, 0.2) is 0 Å². The van der Waals surface area contributed by atoms with Crippen molar-refractivity contribution >= 4 is 17.6 Å². The van der Waals surface area contributed by atoms with Crippen LogP contribution in [0.4, 0.5) is 0 Å². The van der Waals surface area contributed by atoms with Gasteiger partial charge in [0.1, 0.15) is 0 Å². The zero-order chi connectivity index (χ0) is 13.6. The van der Waals surface area contributed by atoms with Crippen molar-refractivity contribution < 1.29 is 0 Å². The van der Waals surface area contributed by atoms with E-state index in [-0.39, 0.29) is 0 Å². The first-order chi connectivity index (χ1) is 7.77. The molecule has 0 saturated heterocycles. The Balaban J connectivity index is 4.10. The normalized spacial score (nSPS) is 13.1. The fraction of sp³-hybridized carbons (Fsp3) is 1.00. The van der Waals surface area contributed by atoms with Crippen LogP contribution in [0.3, 0.4) is 0 Å². The van der Waals surface area contributed by atoms with E-state index in [0.29, 0.717) is 0 Å². The van der Waals surface area contributed by atoms with Crippen LogP contribution in [0, 0.1) is 0 Å². The van der Waals surface area contributed by atoms with Crippen molar-refractivity contribution in [3.63, 3.8) is 0 Å². The number of rotatable bonds is 8. The molecule has 0 heterocycles. The third-order valence-electron chi connectivity index (χ3n) is 4.50. The lowest BCUT2D eigenvalue weighted by Gasteiger charge is -2.26. The van der Waals surface area contributed by atoms with Crippen LogP contribution in [-0.4, -0.2) is 17.6 Å². The Bertz CT molecular complexity index is 149. The molecule has 0 atom stereocenters. The van der Waals surface area contributed by atoms with Gasteiger partial charge in [-0.2, -0.15) is 0 Å². The predicted octanol–water partition coefficient (Wildman–Crippen LogP) is 5.47. The second-order valence-corrected chi connectivity index (χ2v) is 16.4. The van der Waals surface area contributed by atoms with Gasteiger partial charge in [-0.3, -0.25) is 0 Å². The lowest BCUT2D eigenvalue weighted by Crippen LogP contribution is -2.24. The molecule has 0 aromatic rings. The highest BCUT2D eigenvalue weighted by molar-refractivity contribution is 6.63. The van der Waals surface area contributed by atoms with E-state index in [1.807, 2.05) is 0 Å². The van der Waals surface area contributed by atoms with Crippen molar-refractivity contribution in [3.05, 3.63) is 0 Å². The Morgan fingerprint density at radius 1 is 0.529 bits per heavy atom. The summed E-state index contributed by atoms with van der Waals surface area (Å²) in [6.07, 6.45) is 1.54. The van der Waals surface area contributed by atoms with E-state index >= 15 is 0 Å². The van der Waals surface area contributed by atoms with Gasteiger partial charge >= 0.3 is 0 Å². The Morgan fingerprint density at radius 3 is 0.941 bits per heavy atom. The monoisotopic (exact) mass is 272 g/mol. The first-order valence-electron chi connectivity index (χ1n) is 7.77. The Labute approximate surface area is 114 Å². The lowest BCUT2D eigenvalue weighted by molar-refractivity contribution is 0.863. The Hall–Kier alpha value is 0.434. The molecular weight excluding hydrogens is 236 g/mol. The first-order valence-corrected chi connectivity index (χ1v) is 12.1. The van der Waals surface area contributed by atoms with E-state index in [1.54, 1.807) is 18.5 Å². The van der Waals surface area contributed by atoms with Gasteiger partial charge in [0.15, 0.2) is 0 Å². The van der Waals surface area contributed by atoms with E-state index in [9.17, 15) is 0 Å². The zero-order valence-corrected chi connectivity index (χ0v) is 15.9. The molecule has 0 amide bonds. The molecular formula is C15H36Si2. The average molecular weight is 273 g/mol. The minimum atomic E-state index is -0.480. The highest BCUT2D eigenvalue weighted by Crippen LogP contribution is 2.29. The topological polar surface area (TPSA) is 0 Å². The summed E-state index contributed by atoms with van der Waals surface area (Å²) in [5, 5.41) is 0. The Morgan fingerprint density at radius 2 is 0.765 bits per heavy atom. The molecule has 0 aliphatic heterocycles. The second kappa shape index (κ2) is 8.52. The molecule has 0 aliphatic rings. The van der Waals surface area contributed by atoms with E-state index in [1.165, 1.54) is 0 Å². The third kappa shape index (κ3) is 6.80. The molecule has 0 saturated carbocycles. The molecule has 0 unspecified atom stereocenters. The number of hydrogen-bond donors (Lipinski definition) is 0. The Kier molecular flexibility index (Phi) is 8.74. The summed E-state index contributed by atoms with van der Waals surface area (Å²) < 4.78 is 0. The SMILES string of the molecule is CC(C)[SiH](CCC[SiH](C(C)C)C(C)C)C(C)C. The van der Waals surface area contributed by atoms with Crippen LogP contribution in [0.1, 0.15) is 61.8 Å². The summed E-state index contributed by atoms with van der Waals surface area (Å²) in [6, 6.07) is 3.19. The maximum absolute atomic E-state index is 2.46. The average Bonchev–Trinajstić information content (AvgIpc) is 2.14. The summed E-state index contributed by atoms with van der Waals surface area (Å²) in [5.74, 6) is 0. The van der Waals surface area contributed by atoms with Crippen molar-refractivity contribution in [2.24, 2.45) is 0 Å². The molecule has 0 spiro atoms. The van der Waals surface area contributed by atoms with Crippen LogP contribution in [0.25, 0.3) is 0 Å². The molecule has 0 aliphatic carbocycles. The molecule has 0 N–H and O–H groups in total. The molecule has 0 nitrogen and oxygen atoms in total.